The predicted octanol–water partition coefficient (Wildman–Crippen LogP) is 7.51. The third-order valence-corrected chi connectivity index (χ3v) is 4.89. The van der Waals surface area contributed by atoms with Crippen molar-refractivity contribution in [3.05, 3.63) is 103 Å². The smallest absolute Gasteiger partial charge is 0.314 e. The Hall–Kier alpha value is -2.94. The Morgan fingerprint density at radius 2 is 1.29 bits per heavy atom. The molecule has 1 aromatic rings. The maximum Gasteiger partial charge on any atom is 0.314 e. The predicted molar refractivity (Wildman–Crippen MR) is 132 cm³/mol. The minimum absolute atomic E-state index is 0.443. The molecule has 3 nitrogen and oxygen atoms in total. The van der Waals surface area contributed by atoms with Gasteiger partial charge in [-0.15, -0.1) is 0 Å². The van der Waals surface area contributed by atoms with Crippen molar-refractivity contribution in [2.75, 3.05) is 0 Å². The van der Waals surface area contributed by atoms with Crippen LogP contribution in [0.3, 0.4) is 0 Å². The zero-order chi connectivity index (χ0) is 22.6. The van der Waals surface area contributed by atoms with Crippen molar-refractivity contribution >= 4 is 5.97 Å². The van der Waals surface area contributed by atoms with Crippen molar-refractivity contribution < 1.29 is 9.90 Å². The lowest BCUT2D eigenvalue weighted by Crippen LogP contribution is -2.31. The van der Waals surface area contributed by atoms with Gasteiger partial charge in [0.05, 0.1) is 5.41 Å². The van der Waals surface area contributed by atoms with Crippen molar-refractivity contribution in [3.8, 4) is 0 Å². The minimum Gasteiger partial charge on any atom is -0.481 e. The normalized spacial score (nSPS) is 14.8. The molecule has 166 valence electrons. The van der Waals surface area contributed by atoms with Gasteiger partial charge in [0, 0.05) is 12.4 Å². The third kappa shape index (κ3) is 11.7. The molecule has 0 bridgehead atoms. The van der Waals surface area contributed by atoms with Crippen LogP contribution in [0.15, 0.2) is 97.4 Å². The Balaban J connectivity index is 2.21. The van der Waals surface area contributed by atoms with E-state index >= 15 is 0 Å². The molecule has 1 atom stereocenters. The topological polar surface area (TPSA) is 50.2 Å². The van der Waals surface area contributed by atoms with E-state index in [-0.39, 0.29) is 0 Å². The van der Waals surface area contributed by atoms with Gasteiger partial charge in [0.1, 0.15) is 0 Å². The molecule has 0 aliphatic carbocycles. The first kappa shape index (κ1) is 26.1. The fraction of sp³-hybridized carbons (Fsp3) is 0.357. The van der Waals surface area contributed by atoms with E-state index in [1.165, 1.54) is 0 Å². The summed E-state index contributed by atoms with van der Waals surface area (Å²) in [5.74, 6) is -0.833. The number of carboxylic acid groups (broad SMARTS) is 1. The molecule has 1 heterocycles. The van der Waals surface area contributed by atoms with Crippen molar-refractivity contribution in [3.63, 3.8) is 0 Å². The summed E-state index contributed by atoms with van der Waals surface area (Å²) in [7, 11) is 0. The lowest BCUT2D eigenvalue weighted by molar-refractivity contribution is -0.143. The molecule has 1 unspecified atom stereocenters. The van der Waals surface area contributed by atoms with Crippen molar-refractivity contribution in [2.45, 2.75) is 64.2 Å². The van der Waals surface area contributed by atoms with Crippen molar-refractivity contribution in [1.29, 1.82) is 0 Å². The second kappa shape index (κ2) is 16.8. The molecule has 0 aliphatic heterocycles. The average molecular weight is 420 g/mol. The summed E-state index contributed by atoms with van der Waals surface area (Å²) in [6, 6.07) is 3.59. The van der Waals surface area contributed by atoms with Gasteiger partial charge >= 0.3 is 5.97 Å². The van der Waals surface area contributed by atoms with E-state index in [4.69, 9.17) is 0 Å². The molecule has 1 rings (SSSR count). The highest BCUT2D eigenvalue weighted by molar-refractivity contribution is 5.80. The summed E-state index contributed by atoms with van der Waals surface area (Å²) >= 11 is 0. The molecule has 0 radical (unpaired) electrons. The van der Waals surface area contributed by atoms with Gasteiger partial charge in [-0.05, 0) is 63.5 Å². The SMILES string of the molecule is CCC=CCC=CCC=CCC=CCC=CC/C=C\CC(C)(C(=O)O)c1cccnc1. The highest BCUT2D eigenvalue weighted by atomic mass is 16.4. The number of carboxylic acids is 1. The zero-order valence-corrected chi connectivity index (χ0v) is 19.0. The van der Waals surface area contributed by atoms with E-state index in [1.807, 2.05) is 18.2 Å². The summed E-state index contributed by atoms with van der Waals surface area (Å²) in [5, 5.41) is 9.64. The molecule has 0 saturated carbocycles. The molecule has 31 heavy (non-hydrogen) atoms. The highest BCUT2D eigenvalue weighted by Crippen LogP contribution is 2.28. The number of allylic oxidation sites excluding steroid dienone is 12. The summed E-state index contributed by atoms with van der Waals surface area (Å²) in [5.41, 5.74) is -0.228. The van der Waals surface area contributed by atoms with E-state index in [2.05, 4.69) is 72.7 Å². The third-order valence-electron chi connectivity index (χ3n) is 4.89. The molecular formula is C28H37NO2. The van der Waals surface area contributed by atoms with Gasteiger partial charge < -0.3 is 5.11 Å². The molecule has 3 heteroatoms. The molecule has 0 amide bonds. The molecule has 1 N–H and O–H groups in total. The lowest BCUT2D eigenvalue weighted by atomic mass is 9.80. The number of aromatic nitrogens is 1. The first-order valence-electron chi connectivity index (χ1n) is 11.1. The van der Waals surface area contributed by atoms with E-state index in [0.717, 1.165) is 44.1 Å². The fourth-order valence-corrected chi connectivity index (χ4v) is 2.86. The Morgan fingerprint density at radius 1 is 0.839 bits per heavy atom. The first-order valence-corrected chi connectivity index (χ1v) is 11.1. The van der Waals surface area contributed by atoms with Crippen LogP contribution in [0.1, 0.15) is 64.4 Å². The summed E-state index contributed by atoms with van der Waals surface area (Å²) < 4.78 is 0. The number of rotatable bonds is 15. The van der Waals surface area contributed by atoms with Crippen LogP contribution < -0.4 is 0 Å². The fourth-order valence-electron chi connectivity index (χ4n) is 2.86. The van der Waals surface area contributed by atoms with Crippen molar-refractivity contribution in [1.82, 2.24) is 4.98 Å². The molecule has 0 aromatic carbocycles. The van der Waals surface area contributed by atoms with Gasteiger partial charge in [-0.2, -0.15) is 0 Å². The standard InChI is InChI=1S/C28H37NO2/c1-3-4-5-6-7-8-9-10-11-12-13-14-15-16-17-18-19-20-23-28(2,27(30)31)26-22-21-24-29-25-26/h4-5,7-8,10-11,13-14,16-17,19-22,24-25H,3,6,9,12,15,18,23H2,1-2H3,(H,30,31)/b5-4?,8-7?,11-10?,14-13?,17-16?,20-19-. The van der Waals surface area contributed by atoms with Gasteiger partial charge in [0.15, 0.2) is 0 Å². The molecule has 0 aliphatic rings. The summed E-state index contributed by atoms with van der Waals surface area (Å²) in [6.07, 6.45) is 35.2. The maximum absolute atomic E-state index is 11.7. The molecule has 0 saturated heterocycles. The number of carbonyl (C=O) groups is 1. The van der Waals surface area contributed by atoms with E-state index < -0.39 is 11.4 Å². The van der Waals surface area contributed by atoms with Crippen LogP contribution in [0.5, 0.6) is 0 Å². The van der Waals surface area contributed by atoms with Crippen molar-refractivity contribution in [2.24, 2.45) is 0 Å². The van der Waals surface area contributed by atoms with Crippen LogP contribution in [0.4, 0.5) is 0 Å². The van der Waals surface area contributed by atoms with Crippen LogP contribution in [-0.2, 0) is 10.2 Å². The number of hydrogen-bond donors (Lipinski definition) is 1. The monoisotopic (exact) mass is 419 g/mol. The van der Waals surface area contributed by atoms with Gasteiger partial charge in [0.25, 0.3) is 0 Å². The quantitative estimate of drug-likeness (QED) is 0.299. The minimum atomic E-state index is -0.952. The van der Waals surface area contributed by atoms with Gasteiger partial charge in [-0.3, -0.25) is 9.78 Å². The molecule has 1 aromatic heterocycles. The maximum atomic E-state index is 11.7. The molecular weight excluding hydrogens is 382 g/mol. The van der Waals surface area contributed by atoms with E-state index in [0.29, 0.717) is 6.42 Å². The molecule has 0 fully saturated rings. The Kier molecular flexibility index (Phi) is 14.2. The van der Waals surface area contributed by atoms with Crippen LogP contribution in [0.25, 0.3) is 0 Å². The lowest BCUT2D eigenvalue weighted by Gasteiger charge is -2.23. The number of hydrogen-bond acceptors (Lipinski definition) is 2. The summed E-state index contributed by atoms with van der Waals surface area (Å²) in [6.45, 7) is 3.89. The second-order valence-electron chi connectivity index (χ2n) is 7.50. The second-order valence-corrected chi connectivity index (χ2v) is 7.50. The Bertz CT molecular complexity index is 784. The van der Waals surface area contributed by atoms with E-state index in [9.17, 15) is 9.90 Å². The van der Waals surface area contributed by atoms with Gasteiger partial charge in [-0.25, -0.2) is 0 Å². The number of aliphatic carboxylic acids is 1. The van der Waals surface area contributed by atoms with E-state index in [1.54, 1.807) is 25.4 Å². The Labute approximate surface area is 188 Å². The van der Waals surface area contributed by atoms with Gasteiger partial charge in [0.2, 0.25) is 0 Å². The number of nitrogens with zero attached hydrogens (tertiary/aromatic N) is 1. The van der Waals surface area contributed by atoms with Crippen LogP contribution in [0, 0.1) is 0 Å². The highest BCUT2D eigenvalue weighted by Gasteiger charge is 2.34. The van der Waals surface area contributed by atoms with Crippen LogP contribution in [-0.4, -0.2) is 16.1 Å². The average Bonchev–Trinajstić information content (AvgIpc) is 2.78. The summed E-state index contributed by atoms with van der Waals surface area (Å²) in [4.78, 5) is 15.8. The first-order chi connectivity index (χ1) is 15.1. The zero-order valence-electron chi connectivity index (χ0n) is 19.0. The van der Waals surface area contributed by atoms with Crippen LogP contribution >= 0.6 is 0 Å². The number of pyridine rings is 1. The molecule has 0 spiro atoms. The van der Waals surface area contributed by atoms with Crippen LogP contribution in [0.2, 0.25) is 0 Å². The Morgan fingerprint density at radius 3 is 1.68 bits per heavy atom. The van der Waals surface area contributed by atoms with Gasteiger partial charge in [-0.1, -0.05) is 85.9 Å². The largest absolute Gasteiger partial charge is 0.481 e.